The van der Waals surface area contributed by atoms with Crippen molar-refractivity contribution in [2.75, 3.05) is 0 Å². The fraction of sp³-hybridized carbons (Fsp3) is 0.600. The quantitative estimate of drug-likeness (QED) is 0.757. The number of hydrogen-bond acceptors (Lipinski definition) is 3. The maximum absolute atomic E-state index is 13.3. The molecule has 0 atom stereocenters. The first-order valence-electron chi connectivity index (χ1n) is 9.33. The predicted molar refractivity (Wildman–Crippen MR) is 103 cm³/mol. The van der Waals surface area contributed by atoms with E-state index in [1.807, 2.05) is 13.1 Å². The van der Waals surface area contributed by atoms with Crippen molar-refractivity contribution in [1.82, 2.24) is 14.7 Å². The zero-order valence-electron chi connectivity index (χ0n) is 15.8. The van der Waals surface area contributed by atoms with Gasteiger partial charge in [0.1, 0.15) is 5.69 Å². The van der Waals surface area contributed by atoms with Crippen LogP contribution in [0.1, 0.15) is 65.5 Å². The summed E-state index contributed by atoms with van der Waals surface area (Å²) in [6, 6.07) is 6.65. The van der Waals surface area contributed by atoms with Crippen molar-refractivity contribution in [2.45, 2.75) is 65.5 Å². The van der Waals surface area contributed by atoms with Gasteiger partial charge in [-0.2, -0.15) is 5.10 Å². The van der Waals surface area contributed by atoms with E-state index < -0.39 is 0 Å². The van der Waals surface area contributed by atoms with Gasteiger partial charge in [0.2, 0.25) is 0 Å². The molecule has 0 unspecified atom stereocenters. The summed E-state index contributed by atoms with van der Waals surface area (Å²) in [5, 5.41) is 4.56. The summed E-state index contributed by atoms with van der Waals surface area (Å²) in [5.74, 6) is 0.667. The Morgan fingerprint density at radius 3 is 2.68 bits per heavy atom. The van der Waals surface area contributed by atoms with Crippen molar-refractivity contribution in [3.05, 3.63) is 39.3 Å². The lowest BCUT2D eigenvalue weighted by Crippen LogP contribution is -2.39. The Labute approximate surface area is 154 Å². The average Bonchev–Trinajstić information content (AvgIpc) is 3.26. The maximum atomic E-state index is 13.3. The van der Waals surface area contributed by atoms with E-state index in [0.29, 0.717) is 18.5 Å². The molecule has 0 N–H and O–H groups in total. The van der Waals surface area contributed by atoms with Crippen LogP contribution in [0.2, 0.25) is 0 Å². The number of nitrogens with zero attached hydrogens (tertiary/aromatic N) is 3. The molecule has 2 aromatic rings. The molecule has 2 aromatic heterocycles. The van der Waals surface area contributed by atoms with Crippen LogP contribution in [0.4, 0.5) is 0 Å². The first-order valence-corrected chi connectivity index (χ1v) is 10.1. The number of rotatable bonds is 6. The second-order valence-corrected chi connectivity index (χ2v) is 9.00. The van der Waals surface area contributed by atoms with Crippen LogP contribution >= 0.6 is 11.3 Å². The molecule has 1 amide bonds. The first kappa shape index (κ1) is 18.2. The molecule has 0 radical (unpaired) electrons. The van der Waals surface area contributed by atoms with Gasteiger partial charge < -0.3 is 4.90 Å². The molecule has 0 bridgehead atoms. The Morgan fingerprint density at radius 1 is 1.36 bits per heavy atom. The standard InChI is InChI=1S/C20H29N3OS/c1-14(2)11-16-12-19(22(4)21-16)20(24)23(17-7-5-6-8-17)13-18-10-9-15(3)25-18/h9-10,12,14,17H,5-8,11,13H2,1-4H3. The van der Waals surface area contributed by atoms with E-state index in [-0.39, 0.29) is 5.91 Å². The third-order valence-corrected chi connectivity index (χ3v) is 5.90. The minimum absolute atomic E-state index is 0.128. The van der Waals surface area contributed by atoms with Crippen molar-refractivity contribution in [2.24, 2.45) is 13.0 Å². The fourth-order valence-corrected chi connectivity index (χ4v) is 4.60. The van der Waals surface area contributed by atoms with Gasteiger partial charge in [-0.3, -0.25) is 9.48 Å². The van der Waals surface area contributed by atoms with E-state index in [1.54, 1.807) is 16.0 Å². The molecule has 25 heavy (non-hydrogen) atoms. The summed E-state index contributed by atoms with van der Waals surface area (Å²) in [6.07, 6.45) is 5.60. The van der Waals surface area contributed by atoms with Crippen LogP contribution in [0.5, 0.6) is 0 Å². The Kier molecular flexibility index (Phi) is 5.62. The minimum atomic E-state index is 0.128. The smallest absolute Gasteiger partial charge is 0.272 e. The summed E-state index contributed by atoms with van der Waals surface area (Å²) in [4.78, 5) is 18.0. The summed E-state index contributed by atoms with van der Waals surface area (Å²) < 4.78 is 1.77. The van der Waals surface area contributed by atoms with Gasteiger partial charge in [0.15, 0.2) is 0 Å². The number of hydrogen-bond donors (Lipinski definition) is 0. The number of carbonyl (C=O) groups is 1. The molecule has 5 heteroatoms. The van der Waals surface area contributed by atoms with Gasteiger partial charge in [0.05, 0.1) is 12.2 Å². The van der Waals surface area contributed by atoms with Gasteiger partial charge in [-0.05, 0) is 50.3 Å². The lowest BCUT2D eigenvalue weighted by Gasteiger charge is -2.28. The number of aromatic nitrogens is 2. The van der Waals surface area contributed by atoms with Crippen LogP contribution < -0.4 is 0 Å². The summed E-state index contributed by atoms with van der Waals surface area (Å²) in [5.41, 5.74) is 1.73. The number of thiophene rings is 1. The molecule has 4 nitrogen and oxygen atoms in total. The minimum Gasteiger partial charge on any atom is -0.329 e. The molecule has 0 aliphatic heterocycles. The topological polar surface area (TPSA) is 38.1 Å². The zero-order valence-corrected chi connectivity index (χ0v) is 16.6. The number of aryl methyl sites for hydroxylation is 2. The summed E-state index contributed by atoms with van der Waals surface area (Å²) in [6.45, 7) is 7.20. The van der Waals surface area contributed by atoms with Crippen molar-refractivity contribution >= 4 is 17.2 Å². The summed E-state index contributed by atoms with van der Waals surface area (Å²) >= 11 is 1.79. The van der Waals surface area contributed by atoms with E-state index in [0.717, 1.165) is 30.7 Å². The van der Waals surface area contributed by atoms with Crippen molar-refractivity contribution in [3.63, 3.8) is 0 Å². The third kappa shape index (κ3) is 4.32. The highest BCUT2D eigenvalue weighted by molar-refractivity contribution is 7.11. The van der Waals surface area contributed by atoms with Crippen LogP contribution in [0.25, 0.3) is 0 Å². The monoisotopic (exact) mass is 359 g/mol. The number of carbonyl (C=O) groups excluding carboxylic acids is 1. The van der Waals surface area contributed by atoms with Crippen LogP contribution in [0.3, 0.4) is 0 Å². The molecule has 3 rings (SSSR count). The van der Waals surface area contributed by atoms with Crippen molar-refractivity contribution in [3.8, 4) is 0 Å². The van der Waals surface area contributed by atoms with Gasteiger partial charge in [0.25, 0.3) is 5.91 Å². The van der Waals surface area contributed by atoms with Gasteiger partial charge in [0, 0.05) is 22.8 Å². The van der Waals surface area contributed by atoms with E-state index in [2.05, 4.69) is 42.9 Å². The highest BCUT2D eigenvalue weighted by Gasteiger charge is 2.29. The predicted octanol–water partition coefficient (Wildman–Crippen LogP) is 4.57. The second kappa shape index (κ2) is 7.73. The summed E-state index contributed by atoms with van der Waals surface area (Å²) in [7, 11) is 1.89. The molecule has 0 aromatic carbocycles. The van der Waals surface area contributed by atoms with Crippen LogP contribution in [0, 0.1) is 12.8 Å². The Morgan fingerprint density at radius 2 is 2.08 bits per heavy atom. The molecule has 136 valence electrons. The van der Waals surface area contributed by atoms with Crippen LogP contribution in [-0.4, -0.2) is 26.6 Å². The Bertz CT molecular complexity index is 725. The zero-order chi connectivity index (χ0) is 18.0. The number of amides is 1. The van der Waals surface area contributed by atoms with Crippen LogP contribution in [-0.2, 0) is 20.0 Å². The second-order valence-electron chi connectivity index (χ2n) is 7.63. The lowest BCUT2D eigenvalue weighted by molar-refractivity contribution is 0.0655. The largest absolute Gasteiger partial charge is 0.329 e. The molecule has 1 saturated carbocycles. The third-order valence-electron chi connectivity index (χ3n) is 4.92. The average molecular weight is 360 g/mol. The maximum Gasteiger partial charge on any atom is 0.272 e. The van der Waals surface area contributed by atoms with Crippen molar-refractivity contribution < 1.29 is 4.79 Å². The first-order chi connectivity index (χ1) is 11.9. The Balaban J connectivity index is 1.84. The Hall–Kier alpha value is -1.62. The van der Waals surface area contributed by atoms with Gasteiger partial charge in [-0.1, -0.05) is 26.7 Å². The van der Waals surface area contributed by atoms with E-state index in [9.17, 15) is 4.79 Å². The van der Waals surface area contributed by atoms with Gasteiger partial charge in [-0.25, -0.2) is 0 Å². The molecule has 0 spiro atoms. The molecule has 2 heterocycles. The normalized spacial score (nSPS) is 15.2. The molecular weight excluding hydrogens is 330 g/mol. The lowest BCUT2D eigenvalue weighted by atomic mass is 10.1. The van der Waals surface area contributed by atoms with Gasteiger partial charge >= 0.3 is 0 Å². The fourth-order valence-electron chi connectivity index (χ4n) is 3.71. The molecule has 1 aliphatic rings. The molecule has 1 fully saturated rings. The van der Waals surface area contributed by atoms with E-state index in [4.69, 9.17) is 0 Å². The van der Waals surface area contributed by atoms with Crippen LogP contribution in [0.15, 0.2) is 18.2 Å². The SMILES string of the molecule is Cc1ccc(CN(C(=O)c2cc(CC(C)C)nn2C)C2CCCC2)s1. The highest BCUT2D eigenvalue weighted by atomic mass is 32.1. The van der Waals surface area contributed by atoms with Gasteiger partial charge in [-0.15, -0.1) is 11.3 Å². The molecule has 1 aliphatic carbocycles. The highest BCUT2D eigenvalue weighted by Crippen LogP contribution is 2.28. The van der Waals surface area contributed by atoms with Crippen molar-refractivity contribution in [1.29, 1.82) is 0 Å². The molecular formula is C20H29N3OS. The van der Waals surface area contributed by atoms with E-state index >= 15 is 0 Å². The van der Waals surface area contributed by atoms with E-state index in [1.165, 1.54) is 22.6 Å². The molecule has 0 saturated heterocycles.